The number of halogens is 3. The summed E-state index contributed by atoms with van der Waals surface area (Å²) in [5, 5.41) is 2.39. The van der Waals surface area contributed by atoms with Gasteiger partial charge in [0.15, 0.2) is 0 Å². The Hall–Kier alpha value is -1.56. The molecule has 0 aliphatic heterocycles. The van der Waals surface area contributed by atoms with Crippen molar-refractivity contribution in [2.45, 2.75) is 19.1 Å². The number of carbonyl (C=O) groups excluding carboxylic acids is 1. The van der Waals surface area contributed by atoms with Gasteiger partial charge >= 0.3 is 6.18 Å². The molecule has 0 heterocycles. The summed E-state index contributed by atoms with van der Waals surface area (Å²) in [5.41, 5.74) is 4.82. The number of nitrogens with one attached hydrogen (secondary N) is 1. The quantitative estimate of drug-likeness (QED) is 0.819. The molecule has 0 spiro atoms. The van der Waals surface area contributed by atoms with Crippen molar-refractivity contribution in [3.63, 3.8) is 0 Å². The summed E-state index contributed by atoms with van der Waals surface area (Å²) in [4.78, 5) is 11.1. The third-order valence-corrected chi connectivity index (χ3v) is 1.89. The number of hydrogen-bond acceptors (Lipinski definition) is 2. The van der Waals surface area contributed by atoms with E-state index in [1.807, 2.05) is 0 Å². The Labute approximate surface area is 90.4 Å². The Kier molecular flexibility index (Phi) is 3.54. The van der Waals surface area contributed by atoms with Crippen molar-refractivity contribution in [2.75, 3.05) is 5.32 Å². The molecule has 0 aliphatic carbocycles. The van der Waals surface area contributed by atoms with Gasteiger partial charge < -0.3 is 11.1 Å². The standard InChI is InChI=1S/C10H11F3N2O/c1-6(14)9(16)15-8-4-2-7(3-5-8)10(11,12)13/h2-6H,14H2,1H3,(H,15,16)/t6-/m1/s1. The van der Waals surface area contributed by atoms with Crippen LogP contribution < -0.4 is 11.1 Å². The topological polar surface area (TPSA) is 55.1 Å². The van der Waals surface area contributed by atoms with E-state index in [1.54, 1.807) is 0 Å². The summed E-state index contributed by atoms with van der Waals surface area (Å²) in [7, 11) is 0. The Morgan fingerprint density at radius 1 is 1.31 bits per heavy atom. The number of amides is 1. The summed E-state index contributed by atoms with van der Waals surface area (Å²) in [5.74, 6) is -0.445. The normalized spacial score (nSPS) is 13.3. The van der Waals surface area contributed by atoms with Crippen molar-refractivity contribution in [3.8, 4) is 0 Å². The fourth-order valence-electron chi connectivity index (χ4n) is 0.999. The minimum Gasteiger partial charge on any atom is -0.325 e. The molecule has 0 saturated carbocycles. The second-order valence-corrected chi connectivity index (χ2v) is 3.35. The van der Waals surface area contributed by atoms with E-state index in [9.17, 15) is 18.0 Å². The van der Waals surface area contributed by atoms with Crippen LogP contribution in [0.3, 0.4) is 0 Å². The predicted molar refractivity (Wildman–Crippen MR) is 53.7 cm³/mol. The second-order valence-electron chi connectivity index (χ2n) is 3.35. The SMILES string of the molecule is C[C@@H](N)C(=O)Nc1ccc(C(F)(F)F)cc1. The van der Waals surface area contributed by atoms with Crippen LogP contribution in [0, 0.1) is 0 Å². The van der Waals surface area contributed by atoms with Crippen molar-refractivity contribution < 1.29 is 18.0 Å². The van der Waals surface area contributed by atoms with E-state index in [1.165, 1.54) is 19.1 Å². The van der Waals surface area contributed by atoms with Gasteiger partial charge in [-0.1, -0.05) is 0 Å². The summed E-state index contributed by atoms with van der Waals surface area (Å²) < 4.78 is 36.6. The average Bonchev–Trinajstić information content (AvgIpc) is 2.17. The molecule has 16 heavy (non-hydrogen) atoms. The average molecular weight is 232 g/mol. The van der Waals surface area contributed by atoms with Crippen LogP contribution in [0.25, 0.3) is 0 Å². The van der Waals surface area contributed by atoms with E-state index >= 15 is 0 Å². The van der Waals surface area contributed by atoms with Crippen LogP contribution in [-0.2, 0) is 11.0 Å². The van der Waals surface area contributed by atoms with Crippen LogP contribution in [0.1, 0.15) is 12.5 Å². The molecule has 88 valence electrons. The van der Waals surface area contributed by atoms with Gasteiger partial charge in [0.2, 0.25) is 5.91 Å². The van der Waals surface area contributed by atoms with E-state index in [-0.39, 0.29) is 5.69 Å². The maximum Gasteiger partial charge on any atom is 0.416 e. The molecule has 0 bridgehead atoms. The molecule has 6 heteroatoms. The first-order valence-corrected chi connectivity index (χ1v) is 4.54. The summed E-state index contributed by atoms with van der Waals surface area (Å²) in [6, 6.07) is 3.46. The van der Waals surface area contributed by atoms with E-state index < -0.39 is 23.7 Å². The third kappa shape index (κ3) is 3.23. The molecule has 0 fully saturated rings. The maximum absolute atomic E-state index is 12.2. The van der Waals surface area contributed by atoms with Crippen LogP contribution in [0.5, 0.6) is 0 Å². The molecule has 1 aromatic rings. The molecule has 1 aromatic carbocycles. The largest absolute Gasteiger partial charge is 0.416 e. The molecule has 0 aliphatic rings. The van der Waals surface area contributed by atoms with Gasteiger partial charge in [0.05, 0.1) is 11.6 Å². The van der Waals surface area contributed by atoms with Gasteiger partial charge in [0, 0.05) is 5.69 Å². The molecule has 1 atom stereocenters. The minimum absolute atomic E-state index is 0.287. The van der Waals surface area contributed by atoms with Crippen molar-refractivity contribution in [2.24, 2.45) is 5.73 Å². The lowest BCUT2D eigenvalue weighted by Crippen LogP contribution is -2.32. The number of carbonyl (C=O) groups is 1. The zero-order valence-corrected chi connectivity index (χ0v) is 8.51. The molecule has 3 nitrogen and oxygen atoms in total. The van der Waals surface area contributed by atoms with Gasteiger partial charge in [-0.3, -0.25) is 4.79 Å². The molecule has 0 saturated heterocycles. The van der Waals surface area contributed by atoms with Gasteiger partial charge in [0.25, 0.3) is 0 Å². The highest BCUT2D eigenvalue weighted by Crippen LogP contribution is 2.29. The molecular weight excluding hydrogens is 221 g/mol. The molecule has 0 radical (unpaired) electrons. The highest BCUT2D eigenvalue weighted by atomic mass is 19.4. The highest BCUT2D eigenvalue weighted by molar-refractivity contribution is 5.94. The molecule has 1 rings (SSSR count). The first kappa shape index (κ1) is 12.5. The van der Waals surface area contributed by atoms with Crippen molar-refractivity contribution in [1.82, 2.24) is 0 Å². The van der Waals surface area contributed by atoms with E-state index in [4.69, 9.17) is 5.73 Å². The van der Waals surface area contributed by atoms with Gasteiger partial charge in [-0.15, -0.1) is 0 Å². The van der Waals surface area contributed by atoms with E-state index in [2.05, 4.69) is 5.32 Å². The minimum atomic E-state index is -4.37. The number of hydrogen-bond donors (Lipinski definition) is 2. The van der Waals surface area contributed by atoms with Crippen LogP contribution in [0.15, 0.2) is 24.3 Å². The summed E-state index contributed by atoms with van der Waals surface area (Å²) >= 11 is 0. The van der Waals surface area contributed by atoms with Gasteiger partial charge in [-0.25, -0.2) is 0 Å². The molecule has 0 aromatic heterocycles. The number of anilines is 1. The first-order valence-electron chi connectivity index (χ1n) is 4.54. The lowest BCUT2D eigenvalue weighted by atomic mass is 10.2. The van der Waals surface area contributed by atoms with E-state index in [0.717, 1.165) is 12.1 Å². The summed E-state index contributed by atoms with van der Waals surface area (Å²) in [6.45, 7) is 1.49. The lowest BCUT2D eigenvalue weighted by Gasteiger charge is -2.09. The van der Waals surface area contributed by atoms with Gasteiger partial charge in [-0.2, -0.15) is 13.2 Å². The van der Waals surface area contributed by atoms with Crippen LogP contribution in [0.4, 0.5) is 18.9 Å². The maximum atomic E-state index is 12.2. The Bertz CT molecular complexity index is 371. The van der Waals surface area contributed by atoms with Crippen LogP contribution in [0.2, 0.25) is 0 Å². The van der Waals surface area contributed by atoms with Gasteiger partial charge in [-0.05, 0) is 31.2 Å². The Morgan fingerprint density at radius 3 is 2.19 bits per heavy atom. The Morgan fingerprint density at radius 2 is 1.81 bits per heavy atom. The zero-order chi connectivity index (χ0) is 12.3. The number of alkyl halides is 3. The van der Waals surface area contributed by atoms with Crippen molar-refractivity contribution in [3.05, 3.63) is 29.8 Å². The van der Waals surface area contributed by atoms with Crippen molar-refractivity contribution in [1.29, 1.82) is 0 Å². The van der Waals surface area contributed by atoms with Gasteiger partial charge in [0.1, 0.15) is 0 Å². The molecule has 1 amide bonds. The molecule has 3 N–H and O–H groups in total. The lowest BCUT2D eigenvalue weighted by molar-refractivity contribution is -0.137. The number of benzene rings is 1. The Balaban J connectivity index is 2.76. The monoisotopic (exact) mass is 232 g/mol. The summed E-state index contributed by atoms with van der Waals surface area (Å²) in [6.07, 6.45) is -4.37. The third-order valence-electron chi connectivity index (χ3n) is 1.89. The van der Waals surface area contributed by atoms with E-state index in [0.29, 0.717) is 0 Å². The second kappa shape index (κ2) is 4.52. The van der Waals surface area contributed by atoms with Crippen LogP contribution >= 0.6 is 0 Å². The number of nitrogens with two attached hydrogens (primary N) is 1. The smallest absolute Gasteiger partial charge is 0.325 e. The molecule has 0 unspecified atom stereocenters. The number of rotatable bonds is 2. The molecular formula is C10H11F3N2O. The fourth-order valence-corrected chi connectivity index (χ4v) is 0.999. The van der Waals surface area contributed by atoms with Crippen LogP contribution in [-0.4, -0.2) is 11.9 Å². The predicted octanol–water partition coefficient (Wildman–Crippen LogP) is 1.99. The first-order chi connectivity index (χ1) is 7.30. The highest BCUT2D eigenvalue weighted by Gasteiger charge is 2.29. The zero-order valence-electron chi connectivity index (χ0n) is 8.51. The van der Waals surface area contributed by atoms with Crippen molar-refractivity contribution >= 4 is 11.6 Å². The fraction of sp³-hybridized carbons (Fsp3) is 0.300.